The van der Waals surface area contributed by atoms with Crippen molar-refractivity contribution in [3.05, 3.63) is 60.9 Å². The van der Waals surface area contributed by atoms with E-state index < -0.39 is 0 Å². The van der Waals surface area contributed by atoms with Gasteiger partial charge in [0.25, 0.3) is 0 Å². The van der Waals surface area contributed by atoms with E-state index in [1.807, 2.05) is 30.3 Å². The Labute approximate surface area is 88.6 Å². The first-order valence-corrected chi connectivity index (χ1v) is 4.61. The molecule has 0 spiro atoms. The molecule has 2 heteroatoms. The molecule has 1 aromatic carbocycles. The summed E-state index contributed by atoms with van der Waals surface area (Å²) < 4.78 is 0. The molecule has 2 rings (SSSR count). The molecule has 0 unspecified atom stereocenters. The van der Waals surface area contributed by atoms with Crippen LogP contribution in [0.15, 0.2) is 55.3 Å². The minimum Gasteiger partial charge on any atom is -0.244 e. The molecule has 0 radical (unpaired) electrons. The largest absolute Gasteiger partial charge is 0.244 e. The first-order valence-electron chi connectivity index (χ1n) is 4.61. The Bertz CT molecular complexity index is 480. The Morgan fingerprint density at radius 2 is 1.67 bits per heavy atom. The maximum atomic E-state index is 3.98. The van der Waals surface area contributed by atoms with Gasteiger partial charge in [-0.05, 0) is 17.2 Å². The number of hydrogen-bond donors (Lipinski definition) is 0. The maximum absolute atomic E-state index is 3.98. The van der Waals surface area contributed by atoms with Crippen LogP contribution in [0.3, 0.4) is 0 Å². The summed E-state index contributed by atoms with van der Waals surface area (Å²) in [6.45, 7) is 3.54. The van der Waals surface area contributed by atoms with Gasteiger partial charge >= 0.3 is 0 Å². The van der Waals surface area contributed by atoms with E-state index in [1.165, 1.54) is 6.33 Å². The Morgan fingerprint density at radius 1 is 1.00 bits per heavy atom. The summed E-state index contributed by atoms with van der Waals surface area (Å²) in [7, 11) is 0. The zero-order valence-electron chi connectivity index (χ0n) is 8.22. The Hall–Kier alpha value is -2.18. The highest BCUT2D eigenvalue weighted by Gasteiger charge is 1.96. The second-order valence-electron chi connectivity index (χ2n) is 3.10. The summed E-state index contributed by atoms with van der Waals surface area (Å²) in [5.74, 6) is 0. The van der Waals surface area contributed by atoms with Crippen LogP contribution in [-0.2, 0) is 0 Å². The fraction of sp³-hybridized carbons (Fsp3) is 0. The smallest absolute Gasteiger partial charge is 0.115 e. The van der Waals surface area contributed by atoms with Gasteiger partial charge in [-0.3, -0.25) is 0 Å². The van der Waals surface area contributed by atoms with Gasteiger partial charge in [0.05, 0.1) is 0 Å². The average molecular weight is 194 g/mol. The van der Waals surface area contributed by atoms with Crippen LogP contribution >= 0.6 is 0 Å². The highest BCUT2D eigenvalue weighted by molar-refractivity contribution is 5.63. The fourth-order valence-corrected chi connectivity index (χ4v) is 1.34. The van der Waals surface area contributed by atoms with Crippen molar-refractivity contribution in [2.75, 3.05) is 0 Å². The van der Waals surface area contributed by atoms with E-state index in [1.54, 1.807) is 12.4 Å². The summed E-state index contributed by atoms with van der Waals surface area (Å²) >= 11 is 0. The van der Waals surface area contributed by atoms with E-state index in [4.69, 9.17) is 0 Å². The van der Waals surface area contributed by atoms with Crippen molar-refractivity contribution >= 4 is 6.08 Å². The number of hydrogen-bond acceptors (Lipinski definition) is 2. The molecular formula is C13H10N2. The van der Waals surface area contributed by atoms with Gasteiger partial charge in [0, 0.05) is 18.0 Å². The Morgan fingerprint density at radius 3 is 2.27 bits per heavy atom. The average Bonchev–Trinajstić information content (AvgIpc) is 2.32. The van der Waals surface area contributed by atoms with E-state index in [9.17, 15) is 0 Å². The van der Waals surface area contributed by atoms with Gasteiger partial charge in [0.15, 0.2) is 0 Å². The third-order valence-electron chi connectivity index (χ3n) is 2.07. The third kappa shape index (κ3) is 2.19. The minimum absolute atomic E-state index is 1.02. The van der Waals surface area contributed by atoms with Gasteiger partial charge in [-0.2, -0.15) is 0 Å². The van der Waals surface area contributed by atoms with Crippen LogP contribution in [0.25, 0.3) is 17.2 Å². The van der Waals surface area contributed by atoms with Crippen molar-refractivity contribution in [1.29, 1.82) is 0 Å². The predicted molar refractivity (Wildman–Crippen MR) is 61.1 cm³/mol. The second-order valence-corrected chi connectivity index (χ2v) is 3.10. The lowest BCUT2D eigenvalue weighted by atomic mass is 10.1. The lowest BCUT2D eigenvalue weighted by Crippen LogP contribution is -1.81. The zero-order valence-corrected chi connectivity index (χ0v) is 8.22. The zero-order chi connectivity index (χ0) is 10.5. The van der Waals surface area contributed by atoms with E-state index in [0.717, 1.165) is 16.7 Å². The molecule has 15 heavy (non-hydrogen) atoms. The molecule has 0 aliphatic carbocycles. The quantitative estimate of drug-likeness (QED) is 0.687. The van der Waals surface area contributed by atoms with Crippen LogP contribution < -0.4 is 0 Å². The number of nitrogens with zero attached hydrogens (tertiary/aromatic N) is 2. The van der Waals surface area contributed by atoms with Crippen molar-refractivity contribution in [2.45, 2.75) is 0 Å². The molecule has 0 amide bonds. The molecule has 0 saturated heterocycles. The van der Waals surface area contributed by atoms with Gasteiger partial charge in [-0.25, -0.2) is 9.97 Å². The lowest BCUT2D eigenvalue weighted by Gasteiger charge is -1.99. The Kier molecular flexibility index (Phi) is 2.72. The molecule has 0 aliphatic rings. The third-order valence-corrected chi connectivity index (χ3v) is 2.07. The van der Waals surface area contributed by atoms with Crippen molar-refractivity contribution in [1.82, 2.24) is 9.97 Å². The van der Waals surface area contributed by atoms with Crippen LogP contribution in [0.1, 0.15) is 5.56 Å². The van der Waals surface area contributed by atoms with Crippen LogP contribution in [0.2, 0.25) is 0 Å². The maximum Gasteiger partial charge on any atom is 0.115 e. The molecule has 0 atom stereocenters. The normalized spacial score (nSPS) is 9.33. The summed E-state index contributed by atoms with van der Waals surface area (Å²) in [6, 6.07) is 8.09. The van der Waals surface area contributed by atoms with E-state index in [2.05, 4.69) is 22.3 Å². The summed E-state index contributed by atoms with van der Waals surface area (Å²) in [6.07, 6.45) is 6.96. The van der Waals surface area contributed by atoms with Gasteiger partial charge < -0.3 is 0 Å². The fourth-order valence-electron chi connectivity index (χ4n) is 1.34. The van der Waals surface area contributed by atoms with Gasteiger partial charge in [0.1, 0.15) is 6.33 Å². The van der Waals surface area contributed by atoms with E-state index >= 15 is 0 Å². The van der Waals surface area contributed by atoms with Crippen molar-refractivity contribution in [2.24, 2.45) is 0 Å². The SMILES string of the molecule is C=C=Cc1ccc(-c2cncnc2)cc1. The Balaban J connectivity index is 2.36. The van der Waals surface area contributed by atoms with Crippen molar-refractivity contribution < 1.29 is 0 Å². The number of rotatable bonds is 2. The van der Waals surface area contributed by atoms with Crippen molar-refractivity contribution in [3.8, 4) is 11.1 Å². The number of benzene rings is 1. The lowest BCUT2D eigenvalue weighted by molar-refractivity contribution is 1.17. The summed E-state index contributed by atoms with van der Waals surface area (Å²) in [5, 5.41) is 0. The molecular weight excluding hydrogens is 184 g/mol. The van der Waals surface area contributed by atoms with Gasteiger partial charge in [-0.15, -0.1) is 5.73 Å². The monoisotopic (exact) mass is 194 g/mol. The first kappa shape index (κ1) is 9.38. The van der Waals surface area contributed by atoms with Crippen LogP contribution in [0.5, 0.6) is 0 Å². The molecule has 1 heterocycles. The highest BCUT2D eigenvalue weighted by atomic mass is 14.8. The molecule has 0 aliphatic heterocycles. The van der Waals surface area contributed by atoms with Crippen LogP contribution in [-0.4, -0.2) is 9.97 Å². The van der Waals surface area contributed by atoms with Gasteiger partial charge in [0.2, 0.25) is 0 Å². The second kappa shape index (κ2) is 4.36. The van der Waals surface area contributed by atoms with E-state index in [0.29, 0.717) is 0 Å². The number of aromatic nitrogens is 2. The molecule has 0 N–H and O–H groups in total. The van der Waals surface area contributed by atoms with Crippen molar-refractivity contribution in [3.63, 3.8) is 0 Å². The minimum atomic E-state index is 1.02. The predicted octanol–water partition coefficient (Wildman–Crippen LogP) is 2.94. The standard InChI is InChI=1S/C13H10N2/c1-2-3-11-4-6-12(7-5-11)13-8-14-10-15-9-13/h3-10H,1H2. The summed E-state index contributed by atoms with van der Waals surface area (Å²) in [5.41, 5.74) is 5.96. The molecule has 0 fully saturated rings. The van der Waals surface area contributed by atoms with E-state index in [-0.39, 0.29) is 0 Å². The molecule has 2 aromatic rings. The molecule has 72 valence electrons. The molecule has 2 nitrogen and oxygen atoms in total. The topological polar surface area (TPSA) is 25.8 Å². The molecule has 0 bridgehead atoms. The first-order chi connectivity index (χ1) is 7.40. The van der Waals surface area contributed by atoms with Crippen LogP contribution in [0.4, 0.5) is 0 Å². The molecule has 1 aromatic heterocycles. The van der Waals surface area contributed by atoms with Gasteiger partial charge in [-0.1, -0.05) is 30.8 Å². The highest BCUT2D eigenvalue weighted by Crippen LogP contribution is 2.17. The van der Waals surface area contributed by atoms with Crippen LogP contribution in [0, 0.1) is 0 Å². The molecule has 0 saturated carbocycles. The summed E-state index contributed by atoms with van der Waals surface area (Å²) in [4.78, 5) is 7.96.